The molecular formula is C14H17N3O6S. The van der Waals surface area contributed by atoms with Crippen LogP contribution < -0.4 is 0 Å². The predicted molar refractivity (Wildman–Crippen MR) is 81.3 cm³/mol. The summed E-state index contributed by atoms with van der Waals surface area (Å²) in [7, 11) is -2.06. The number of rotatable bonds is 4. The summed E-state index contributed by atoms with van der Waals surface area (Å²) in [4.78, 5) is 29.0. The van der Waals surface area contributed by atoms with Crippen LogP contribution in [-0.4, -0.2) is 63.4 Å². The largest absolute Gasteiger partial charge is 0.477 e. The zero-order valence-electron chi connectivity index (χ0n) is 13.3. The highest BCUT2D eigenvalue weighted by molar-refractivity contribution is 7.90. The Balaban J connectivity index is 2.08. The summed E-state index contributed by atoms with van der Waals surface area (Å²) < 4.78 is 24.7. The molecule has 3 heterocycles. The van der Waals surface area contributed by atoms with E-state index in [-0.39, 0.29) is 23.0 Å². The van der Waals surface area contributed by atoms with Gasteiger partial charge in [0.25, 0.3) is 0 Å². The number of aromatic nitrogens is 2. The molecule has 1 aromatic heterocycles. The second-order valence-corrected chi connectivity index (χ2v) is 8.08. The van der Waals surface area contributed by atoms with Gasteiger partial charge in [0.05, 0.1) is 23.8 Å². The number of carboxylic acid groups (broad SMARTS) is 1. The molecule has 0 aromatic carbocycles. The van der Waals surface area contributed by atoms with Crippen molar-refractivity contribution in [2.24, 2.45) is 13.0 Å². The van der Waals surface area contributed by atoms with Crippen LogP contribution >= 0.6 is 0 Å². The zero-order chi connectivity index (χ0) is 18.0. The van der Waals surface area contributed by atoms with Crippen molar-refractivity contribution in [2.45, 2.75) is 30.6 Å². The molecule has 1 aromatic rings. The van der Waals surface area contributed by atoms with Gasteiger partial charge >= 0.3 is 5.97 Å². The molecule has 0 saturated carbocycles. The zero-order valence-corrected chi connectivity index (χ0v) is 14.1. The monoisotopic (exact) mass is 355 g/mol. The minimum Gasteiger partial charge on any atom is -0.477 e. The second kappa shape index (κ2) is 5.15. The molecule has 24 heavy (non-hydrogen) atoms. The first-order valence-corrected chi connectivity index (χ1v) is 9.14. The first-order valence-electron chi connectivity index (χ1n) is 7.25. The molecule has 10 heteroatoms. The fourth-order valence-electron chi connectivity index (χ4n) is 3.44. The molecule has 0 spiro atoms. The van der Waals surface area contributed by atoms with Gasteiger partial charge in [-0.05, 0) is 13.3 Å². The van der Waals surface area contributed by atoms with Gasteiger partial charge in [0.15, 0.2) is 0 Å². The van der Waals surface area contributed by atoms with Crippen LogP contribution in [0.3, 0.4) is 0 Å². The summed E-state index contributed by atoms with van der Waals surface area (Å²) >= 11 is 0. The lowest BCUT2D eigenvalue weighted by Crippen LogP contribution is -2.61. The molecule has 1 fully saturated rings. The van der Waals surface area contributed by atoms with Crippen molar-refractivity contribution in [3.63, 3.8) is 0 Å². The summed E-state index contributed by atoms with van der Waals surface area (Å²) in [6.45, 7) is 1.49. The molecule has 9 nitrogen and oxygen atoms in total. The third-order valence-corrected chi connectivity index (χ3v) is 5.45. The first kappa shape index (κ1) is 16.7. The van der Waals surface area contributed by atoms with Crippen LogP contribution in [0.5, 0.6) is 0 Å². The second-order valence-electron chi connectivity index (χ2n) is 6.17. The Bertz CT molecular complexity index is 882. The molecule has 0 bridgehead atoms. The number of hydrogen-bond donors (Lipinski definition) is 2. The summed E-state index contributed by atoms with van der Waals surface area (Å²) in [5, 5.41) is 19.0. The van der Waals surface area contributed by atoms with Crippen molar-refractivity contribution < 1.29 is 28.2 Å². The molecule has 2 N–H and O–H groups in total. The van der Waals surface area contributed by atoms with Crippen molar-refractivity contribution in [1.29, 1.82) is 0 Å². The van der Waals surface area contributed by atoms with Crippen molar-refractivity contribution >= 4 is 27.3 Å². The van der Waals surface area contributed by atoms with Crippen LogP contribution in [0.15, 0.2) is 17.1 Å². The number of aryl methyl sites for hydroxylation is 1. The number of imidazole rings is 1. The molecule has 2 aliphatic rings. The quantitative estimate of drug-likeness (QED) is 0.678. The third-order valence-electron chi connectivity index (χ3n) is 4.41. The van der Waals surface area contributed by atoms with E-state index in [4.69, 9.17) is 0 Å². The standard InChI is InChI=1S/C14H17N3O6S/c1-6(18)10-9-4-7(11(13(20)21)17(9)12(10)19)8-5-16(2)14(15-8)24(3,22)23/h5-6,9-10,18H,4H2,1-3H3,(H,20,21)/t6-,9-,10-/m1/s1. The highest BCUT2D eigenvalue weighted by Crippen LogP contribution is 2.46. The molecule has 0 aliphatic carbocycles. The van der Waals surface area contributed by atoms with Crippen LogP contribution in [0.25, 0.3) is 5.57 Å². The number of carbonyl (C=O) groups excluding carboxylic acids is 1. The number of aliphatic hydroxyl groups is 1. The van der Waals surface area contributed by atoms with Gasteiger partial charge in [0, 0.05) is 25.1 Å². The van der Waals surface area contributed by atoms with Gasteiger partial charge < -0.3 is 19.7 Å². The average molecular weight is 355 g/mol. The summed E-state index contributed by atoms with van der Waals surface area (Å²) in [5.41, 5.74) is 0.316. The highest BCUT2D eigenvalue weighted by atomic mass is 32.2. The molecule has 1 amide bonds. The van der Waals surface area contributed by atoms with Crippen molar-refractivity contribution in [1.82, 2.24) is 14.5 Å². The number of carbonyl (C=O) groups is 2. The van der Waals surface area contributed by atoms with Crippen LogP contribution in [0.4, 0.5) is 0 Å². The van der Waals surface area contributed by atoms with Gasteiger partial charge in [-0.25, -0.2) is 18.2 Å². The molecule has 3 atom stereocenters. The smallest absolute Gasteiger partial charge is 0.352 e. The van der Waals surface area contributed by atoms with Crippen molar-refractivity contribution in [3.8, 4) is 0 Å². The molecule has 1 saturated heterocycles. The van der Waals surface area contributed by atoms with E-state index in [1.165, 1.54) is 24.7 Å². The fourth-order valence-corrected chi connectivity index (χ4v) is 4.28. The number of sulfone groups is 1. The Hall–Kier alpha value is -2.20. The Morgan fingerprint density at radius 2 is 2.08 bits per heavy atom. The van der Waals surface area contributed by atoms with E-state index in [1.54, 1.807) is 0 Å². The maximum Gasteiger partial charge on any atom is 0.352 e. The van der Waals surface area contributed by atoms with Crippen LogP contribution in [0, 0.1) is 5.92 Å². The van der Waals surface area contributed by atoms with Gasteiger partial charge in [-0.2, -0.15) is 0 Å². The van der Waals surface area contributed by atoms with Crippen molar-refractivity contribution in [2.75, 3.05) is 6.26 Å². The van der Waals surface area contributed by atoms with Gasteiger partial charge in [-0.15, -0.1) is 0 Å². The van der Waals surface area contributed by atoms with E-state index in [1.807, 2.05) is 0 Å². The summed E-state index contributed by atoms with van der Waals surface area (Å²) in [6, 6.07) is -0.442. The Morgan fingerprint density at radius 1 is 1.46 bits per heavy atom. The van der Waals surface area contributed by atoms with E-state index in [2.05, 4.69) is 4.98 Å². The number of hydrogen-bond acceptors (Lipinski definition) is 6. The highest BCUT2D eigenvalue weighted by Gasteiger charge is 2.57. The molecule has 130 valence electrons. The minimum absolute atomic E-state index is 0.178. The van der Waals surface area contributed by atoms with E-state index in [9.17, 15) is 28.2 Å². The van der Waals surface area contributed by atoms with Crippen molar-refractivity contribution in [3.05, 3.63) is 17.6 Å². The van der Waals surface area contributed by atoms with Gasteiger partial charge in [-0.3, -0.25) is 4.79 Å². The number of aliphatic hydroxyl groups excluding tert-OH is 1. The molecule has 2 aliphatic heterocycles. The Morgan fingerprint density at radius 3 is 2.54 bits per heavy atom. The Labute approximate surface area is 138 Å². The Kier molecular flexibility index (Phi) is 3.57. The van der Waals surface area contributed by atoms with E-state index in [0.29, 0.717) is 5.57 Å². The lowest BCUT2D eigenvalue weighted by Gasteiger charge is -2.44. The molecular weight excluding hydrogens is 338 g/mol. The number of β-lactam (4-membered cyclic amide) rings is 1. The number of amides is 1. The number of nitrogens with zero attached hydrogens (tertiary/aromatic N) is 3. The SMILES string of the molecule is C[C@@H](O)[C@H]1C(=O)N2C(C(=O)O)=C(c3cn(C)c(S(C)(=O)=O)n3)C[C@H]12. The fraction of sp³-hybridized carbons (Fsp3) is 0.500. The van der Waals surface area contributed by atoms with E-state index >= 15 is 0 Å². The number of aliphatic carboxylic acids is 1. The molecule has 0 unspecified atom stereocenters. The first-order chi connectivity index (χ1) is 11.0. The lowest BCUT2D eigenvalue weighted by atomic mass is 9.83. The number of fused-ring (bicyclic) bond motifs is 1. The maximum absolute atomic E-state index is 12.2. The maximum atomic E-state index is 12.2. The topological polar surface area (TPSA) is 130 Å². The average Bonchev–Trinajstić information content (AvgIpc) is 2.96. The molecule has 0 radical (unpaired) electrons. The van der Waals surface area contributed by atoms with E-state index in [0.717, 1.165) is 11.2 Å². The van der Waals surface area contributed by atoms with Crippen LogP contribution in [-0.2, 0) is 26.5 Å². The van der Waals surface area contributed by atoms with Gasteiger partial charge in [0.1, 0.15) is 5.70 Å². The lowest BCUT2D eigenvalue weighted by molar-refractivity contribution is -0.161. The van der Waals surface area contributed by atoms with Crippen LogP contribution in [0.2, 0.25) is 0 Å². The van der Waals surface area contributed by atoms with Gasteiger partial charge in [0.2, 0.25) is 20.9 Å². The normalized spacial score (nSPS) is 24.8. The third kappa shape index (κ3) is 2.25. The minimum atomic E-state index is -3.57. The van der Waals surface area contributed by atoms with Gasteiger partial charge in [-0.1, -0.05) is 0 Å². The molecule has 3 rings (SSSR count). The van der Waals surface area contributed by atoms with Crippen LogP contribution in [0.1, 0.15) is 19.0 Å². The summed E-state index contributed by atoms with van der Waals surface area (Å²) in [5.74, 6) is -2.38. The predicted octanol–water partition coefficient (Wildman–Crippen LogP) is -0.769. The van der Waals surface area contributed by atoms with E-state index < -0.39 is 39.8 Å². The number of carboxylic acids is 1. The summed E-state index contributed by atoms with van der Waals surface area (Å²) in [6.07, 6.45) is 1.77.